The first-order valence-electron chi connectivity index (χ1n) is 7.60. The van der Waals surface area contributed by atoms with E-state index in [-0.39, 0.29) is 12.6 Å². The van der Waals surface area contributed by atoms with Crippen LogP contribution in [-0.2, 0) is 6.54 Å². The van der Waals surface area contributed by atoms with Crippen molar-refractivity contribution in [3.05, 3.63) is 47.4 Å². The number of hydrogen-bond donors (Lipinski definition) is 1. The standard InChI is InChI=1S/C16H15F4N3O/c17-12-14(13(18)16(20)23-15(12)19)22-8-9-5-6-11(21-7-9)24-10-3-1-2-4-10/h5-7,10H,1-4,8H2,(H,22,23). The zero-order valence-electron chi connectivity index (χ0n) is 12.7. The molecule has 0 spiro atoms. The van der Waals surface area contributed by atoms with E-state index in [1.54, 1.807) is 12.1 Å². The van der Waals surface area contributed by atoms with Gasteiger partial charge >= 0.3 is 0 Å². The Morgan fingerprint density at radius 1 is 1.04 bits per heavy atom. The molecule has 1 fully saturated rings. The second kappa shape index (κ2) is 7.02. The summed E-state index contributed by atoms with van der Waals surface area (Å²) in [5.41, 5.74) is -0.323. The molecule has 0 unspecified atom stereocenters. The number of halogens is 4. The molecule has 0 amide bonds. The molecule has 3 rings (SSSR count). The summed E-state index contributed by atoms with van der Waals surface area (Å²) in [6, 6.07) is 3.31. The van der Waals surface area contributed by atoms with Crippen molar-refractivity contribution in [3.8, 4) is 5.88 Å². The molecule has 0 radical (unpaired) electrons. The van der Waals surface area contributed by atoms with Crippen LogP contribution in [0.1, 0.15) is 31.2 Å². The van der Waals surface area contributed by atoms with Crippen LogP contribution >= 0.6 is 0 Å². The number of hydrogen-bond acceptors (Lipinski definition) is 4. The molecule has 128 valence electrons. The minimum Gasteiger partial charge on any atom is -0.474 e. The van der Waals surface area contributed by atoms with Gasteiger partial charge in [-0.25, -0.2) is 4.98 Å². The molecule has 24 heavy (non-hydrogen) atoms. The summed E-state index contributed by atoms with van der Waals surface area (Å²) in [6.45, 7) is -0.0621. The molecule has 0 atom stereocenters. The van der Waals surface area contributed by atoms with Gasteiger partial charge in [0.05, 0.1) is 0 Å². The van der Waals surface area contributed by atoms with Crippen molar-refractivity contribution < 1.29 is 22.3 Å². The van der Waals surface area contributed by atoms with Crippen LogP contribution in [0.4, 0.5) is 23.2 Å². The molecule has 1 N–H and O–H groups in total. The van der Waals surface area contributed by atoms with Gasteiger partial charge in [-0.2, -0.15) is 22.5 Å². The summed E-state index contributed by atoms with van der Waals surface area (Å²) in [5.74, 6) is -6.06. The second-order valence-corrected chi connectivity index (χ2v) is 5.58. The van der Waals surface area contributed by atoms with Crippen LogP contribution in [0.3, 0.4) is 0 Å². The normalized spacial score (nSPS) is 14.8. The van der Waals surface area contributed by atoms with E-state index in [1.807, 2.05) is 0 Å². The number of nitrogens with one attached hydrogen (secondary N) is 1. The number of anilines is 1. The van der Waals surface area contributed by atoms with E-state index >= 15 is 0 Å². The largest absolute Gasteiger partial charge is 0.474 e. The van der Waals surface area contributed by atoms with Crippen LogP contribution in [0.15, 0.2) is 18.3 Å². The van der Waals surface area contributed by atoms with Crippen LogP contribution < -0.4 is 10.1 Å². The van der Waals surface area contributed by atoms with Crippen LogP contribution in [0, 0.1) is 23.5 Å². The summed E-state index contributed by atoms with van der Waals surface area (Å²) < 4.78 is 58.8. The number of aromatic nitrogens is 2. The van der Waals surface area contributed by atoms with Crippen molar-refractivity contribution >= 4 is 5.69 Å². The minimum atomic E-state index is -1.70. The van der Waals surface area contributed by atoms with Crippen molar-refractivity contribution in [2.45, 2.75) is 38.3 Å². The Bertz CT molecular complexity index is 692. The molecular formula is C16H15F4N3O. The first-order valence-corrected chi connectivity index (χ1v) is 7.60. The third-order valence-electron chi connectivity index (χ3n) is 3.85. The first-order chi connectivity index (χ1) is 11.5. The van der Waals surface area contributed by atoms with Crippen molar-refractivity contribution in [1.82, 2.24) is 9.97 Å². The Labute approximate surface area is 135 Å². The van der Waals surface area contributed by atoms with Gasteiger partial charge in [0.25, 0.3) is 11.9 Å². The average Bonchev–Trinajstić information content (AvgIpc) is 3.07. The molecule has 0 aliphatic heterocycles. The molecule has 1 saturated carbocycles. The number of nitrogens with zero attached hydrogens (tertiary/aromatic N) is 2. The lowest BCUT2D eigenvalue weighted by Crippen LogP contribution is -2.12. The zero-order chi connectivity index (χ0) is 17.1. The lowest BCUT2D eigenvalue weighted by molar-refractivity contribution is 0.201. The van der Waals surface area contributed by atoms with Gasteiger partial charge in [0.15, 0.2) is 0 Å². The summed E-state index contributed by atoms with van der Waals surface area (Å²) in [4.78, 5) is 6.62. The fourth-order valence-electron chi connectivity index (χ4n) is 2.59. The Balaban J connectivity index is 1.65. The molecular weight excluding hydrogens is 326 g/mol. The summed E-state index contributed by atoms with van der Waals surface area (Å²) in [7, 11) is 0. The van der Waals surface area contributed by atoms with Gasteiger partial charge in [-0.05, 0) is 31.2 Å². The Morgan fingerprint density at radius 2 is 1.71 bits per heavy atom. The van der Waals surface area contributed by atoms with E-state index in [0.717, 1.165) is 25.7 Å². The topological polar surface area (TPSA) is 47.0 Å². The SMILES string of the molecule is Fc1nc(F)c(F)c(NCc2ccc(OC3CCCC3)nc2)c1F. The first kappa shape index (κ1) is 16.5. The van der Waals surface area contributed by atoms with Crippen LogP contribution in [0.2, 0.25) is 0 Å². The zero-order valence-corrected chi connectivity index (χ0v) is 12.7. The van der Waals surface area contributed by atoms with Gasteiger partial charge in [0.2, 0.25) is 17.5 Å². The van der Waals surface area contributed by atoms with E-state index in [0.29, 0.717) is 11.4 Å². The van der Waals surface area contributed by atoms with Gasteiger partial charge in [-0.1, -0.05) is 6.07 Å². The second-order valence-electron chi connectivity index (χ2n) is 5.58. The summed E-state index contributed by atoms with van der Waals surface area (Å²) in [5, 5.41) is 2.32. The quantitative estimate of drug-likeness (QED) is 0.660. The van der Waals surface area contributed by atoms with Crippen LogP contribution in [-0.4, -0.2) is 16.1 Å². The van der Waals surface area contributed by atoms with Gasteiger partial charge in [-0.3, -0.25) is 0 Å². The van der Waals surface area contributed by atoms with Crippen LogP contribution in [0.5, 0.6) is 5.88 Å². The highest BCUT2D eigenvalue weighted by molar-refractivity contribution is 5.45. The van der Waals surface area contributed by atoms with Crippen molar-refractivity contribution in [2.75, 3.05) is 5.32 Å². The van der Waals surface area contributed by atoms with Gasteiger partial charge in [0.1, 0.15) is 11.8 Å². The molecule has 1 aliphatic rings. The number of ether oxygens (including phenoxy) is 1. The molecule has 4 nitrogen and oxygen atoms in total. The Kier molecular flexibility index (Phi) is 4.82. The number of pyridine rings is 2. The molecule has 0 saturated heterocycles. The van der Waals surface area contributed by atoms with E-state index in [1.165, 1.54) is 6.20 Å². The molecule has 8 heteroatoms. The lowest BCUT2D eigenvalue weighted by Gasteiger charge is -2.13. The van der Waals surface area contributed by atoms with E-state index in [2.05, 4.69) is 15.3 Å². The van der Waals surface area contributed by atoms with Crippen molar-refractivity contribution in [3.63, 3.8) is 0 Å². The highest BCUT2D eigenvalue weighted by Crippen LogP contribution is 2.24. The fraction of sp³-hybridized carbons (Fsp3) is 0.375. The maximum Gasteiger partial charge on any atom is 0.253 e. The molecule has 0 aromatic carbocycles. The predicted molar refractivity (Wildman–Crippen MR) is 78.5 cm³/mol. The van der Waals surface area contributed by atoms with E-state index in [4.69, 9.17) is 4.74 Å². The maximum atomic E-state index is 13.5. The van der Waals surface area contributed by atoms with Gasteiger partial charge < -0.3 is 10.1 Å². The molecule has 2 heterocycles. The van der Waals surface area contributed by atoms with Gasteiger partial charge in [-0.15, -0.1) is 0 Å². The van der Waals surface area contributed by atoms with Gasteiger partial charge in [0, 0.05) is 18.8 Å². The highest BCUT2D eigenvalue weighted by Gasteiger charge is 2.20. The Morgan fingerprint density at radius 3 is 2.29 bits per heavy atom. The molecule has 2 aromatic heterocycles. The fourth-order valence-corrected chi connectivity index (χ4v) is 2.59. The van der Waals surface area contributed by atoms with Crippen molar-refractivity contribution in [1.29, 1.82) is 0 Å². The molecule has 2 aromatic rings. The molecule has 0 bridgehead atoms. The summed E-state index contributed by atoms with van der Waals surface area (Å²) in [6.07, 6.45) is 5.94. The van der Waals surface area contributed by atoms with Crippen LogP contribution in [0.25, 0.3) is 0 Å². The smallest absolute Gasteiger partial charge is 0.253 e. The van der Waals surface area contributed by atoms with E-state index < -0.39 is 29.2 Å². The highest BCUT2D eigenvalue weighted by atomic mass is 19.2. The third kappa shape index (κ3) is 3.58. The average molecular weight is 341 g/mol. The monoisotopic (exact) mass is 341 g/mol. The molecule has 1 aliphatic carbocycles. The number of rotatable bonds is 5. The predicted octanol–water partition coefficient (Wildman–Crippen LogP) is 3.97. The van der Waals surface area contributed by atoms with E-state index in [9.17, 15) is 17.6 Å². The minimum absolute atomic E-state index is 0.0621. The maximum absolute atomic E-state index is 13.5. The Hall–Kier alpha value is -2.38. The lowest BCUT2D eigenvalue weighted by atomic mass is 10.2. The van der Waals surface area contributed by atoms with Crippen molar-refractivity contribution in [2.24, 2.45) is 0 Å². The summed E-state index contributed by atoms with van der Waals surface area (Å²) >= 11 is 0. The third-order valence-corrected chi connectivity index (χ3v) is 3.85.